The Labute approximate surface area is 88.9 Å². The molecular weight excluding hydrogens is 190 g/mol. The molecule has 1 aromatic rings. The summed E-state index contributed by atoms with van der Waals surface area (Å²) in [4.78, 5) is 15.6. The molecule has 0 saturated heterocycles. The molecule has 0 unspecified atom stereocenters. The lowest BCUT2D eigenvalue weighted by molar-refractivity contribution is 0.0947. The van der Waals surface area contributed by atoms with E-state index in [1.807, 2.05) is 6.07 Å². The molecule has 80 valence electrons. The van der Waals surface area contributed by atoms with Gasteiger partial charge in [0.15, 0.2) is 0 Å². The Kier molecular flexibility index (Phi) is 2.97. The van der Waals surface area contributed by atoms with E-state index in [9.17, 15) is 4.79 Å². The van der Waals surface area contributed by atoms with Gasteiger partial charge in [-0.3, -0.25) is 9.78 Å². The monoisotopic (exact) mass is 205 g/mol. The number of nitrogens with zero attached hydrogens (tertiary/aromatic N) is 1. The zero-order valence-corrected chi connectivity index (χ0v) is 8.57. The van der Waals surface area contributed by atoms with Gasteiger partial charge in [0.2, 0.25) is 0 Å². The lowest BCUT2D eigenvalue weighted by atomic mass is 10.2. The summed E-state index contributed by atoms with van der Waals surface area (Å²) >= 11 is 0. The van der Waals surface area contributed by atoms with Crippen LogP contribution in [-0.4, -0.2) is 17.4 Å². The van der Waals surface area contributed by atoms with Crippen molar-refractivity contribution in [3.63, 3.8) is 0 Å². The van der Waals surface area contributed by atoms with Gasteiger partial charge in [-0.15, -0.1) is 0 Å². The number of nitrogens with one attached hydrogen (secondary N) is 1. The Bertz CT molecular complexity index is 343. The molecular formula is C11H15N3O. The normalized spacial score (nSPS) is 15.0. The summed E-state index contributed by atoms with van der Waals surface area (Å²) in [5, 5.41) is 2.87. The molecule has 1 heterocycles. The van der Waals surface area contributed by atoms with E-state index in [1.54, 1.807) is 12.3 Å². The van der Waals surface area contributed by atoms with E-state index in [1.165, 1.54) is 12.8 Å². The predicted octanol–water partition coefficient (Wildman–Crippen LogP) is 0.680. The minimum atomic E-state index is -0.0922. The molecule has 0 bridgehead atoms. The first-order valence-corrected chi connectivity index (χ1v) is 5.23. The van der Waals surface area contributed by atoms with Gasteiger partial charge >= 0.3 is 0 Å². The highest BCUT2D eigenvalue weighted by Gasteiger charge is 2.21. The zero-order chi connectivity index (χ0) is 10.7. The molecule has 0 aromatic carbocycles. The number of amides is 1. The standard InChI is InChI=1S/C11H15N3O/c12-5-9-3-4-10(13-7-9)11(15)14-6-8-1-2-8/h3-4,7-8H,1-2,5-6,12H2,(H,14,15). The van der Waals surface area contributed by atoms with Gasteiger partial charge in [0, 0.05) is 19.3 Å². The Morgan fingerprint density at radius 2 is 2.33 bits per heavy atom. The summed E-state index contributed by atoms with van der Waals surface area (Å²) in [6.07, 6.45) is 4.12. The van der Waals surface area contributed by atoms with Crippen molar-refractivity contribution in [2.75, 3.05) is 6.54 Å². The third-order valence-electron chi connectivity index (χ3n) is 2.54. The fourth-order valence-corrected chi connectivity index (χ4v) is 1.33. The van der Waals surface area contributed by atoms with Crippen LogP contribution < -0.4 is 11.1 Å². The highest BCUT2D eigenvalue weighted by molar-refractivity contribution is 5.92. The largest absolute Gasteiger partial charge is 0.350 e. The van der Waals surface area contributed by atoms with Gasteiger partial charge < -0.3 is 11.1 Å². The van der Waals surface area contributed by atoms with Crippen LogP contribution in [0.2, 0.25) is 0 Å². The first-order valence-electron chi connectivity index (χ1n) is 5.23. The van der Waals surface area contributed by atoms with Crippen LogP contribution in [0.1, 0.15) is 28.9 Å². The second kappa shape index (κ2) is 4.40. The Hall–Kier alpha value is -1.42. The van der Waals surface area contributed by atoms with E-state index >= 15 is 0 Å². The molecule has 1 fully saturated rings. The first kappa shape index (κ1) is 10.1. The Morgan fingerprint density at radius 3 is 2.87 bits per heavy atom. The van der Waals surface area contributed by atoms with Crippen molar-refractivity contribution < 1.29 is 4.79 Å². The predicted molar refractivity (Wildman–Crippen MR) is 57.2 cm³/mol. The van der Waals surface area contributed by atoms with Crippen molar-refractivity contribution in [2.24, 2.45) is 11.7 Å². The summed E-state index contributed by atoms with van der Waals surface area (Å²) in [6.45, 7) is 1.23. The van der Waals surface area contributed by atoms with E-state index in [-0.39, 0.29) is 5.91 Å². The molecule has 1 aliphatic carbocycles. The van der Waals surface area contributed by atoms with Gasteiger partial charge in [-0.05, 0) is 30.4 Å². The number of rotatable bonds is 4. The van der Waals surface area contributed by atoms with Crippen LogP contribution in [0.3, 0.4) is 0 Å². The lowest BCUT2D eigenvalue weighted by Crippen LogP contribution is -2.26. The van der Waals surface area contributed by atoms with Crippen LogP contribution in [0.4, 0.5) is 0 Å². The van der Waals surface area contributed by atoms with Gasteiger partial charge in [-0.1, -0.05) is 6.07 Å². The summed E-state index contributed by atoms with van der Waals surface area (Å²) in [7, 11) is 0. The molecule has 3 N–H and O–H groups in total. The molecule has 0 radical (unpaired) electrons. The first-order chi connectivity index (χ1) is 7.29. The van der Waals surface area contributed by atoms with E-state index in [0.717, 1.165) is 12.1 Å². The zero-order valence-electron chi connectivity index (χ0n) is 8.57. The lowest BCUT2D eigenvalue weighted by Gasteiger charge is -2.03. The fraction of sp³-hybridized carbons (Fsp3) is 0.455. The highest BCUT2D eigenvalue weighted by Crippen LogP contribution is 2.27. The van der Waals surface area contributed by atoms with Crippen LogP contribution in [0.25, 0.3) is 0 Å². The average Bonchev–Trinajstić information content (AvgIpc) is 3.10. The summed E-state index contributed by atoms with van der Waals surface area (Å²) in [6, 6.07) is 3.55. The third kappa shape index (κ3) is 2.76. The fourth-order valence-electron chi connectivity index (χ4n) is 1.33. The summed E-state index contributed by atoms with van der Waals surface area (Å²) < 4.78 is 0. The number of nitrogens with two attached hydrogens (primary N) is 1. The third-order valence-corrected chi connectivity index (χ3v) is 2.54. The maximum absolute atomic E-state index is 11.6. The number of pyridine rings is 1. The molecule has 4 heteroatoms. The number of carbonyl (C=O) groups is 1. The van der Waals surface area contributed by atoms with E-state index < -0.39 is 0 Å². The van der Waals surface area contributed by atoms with Gasteiger partial charge in [0.25, 0.3) is 5.91 Å². The molecule has 0 atom stereocenters. The van der Waals surface area contributed by atoms with Gasteiger partial charge in [-0.25, -0.2) is 0 Å². The Balaban J connectivity index is 1.91. The maximum Gasteiger partial charge on any atom is 0.269 e. The average molecular weight is 205 g/mol. The van der Waals surface area contributed by atoms with Crippen molar-refractivity contribution in [1.82, 2.24) is 10.3 Å². The summed E-state index contributed by atoms with van der Waals surface area (Å²) in [5.74, 6) is 0.600. The maximum atomic E-state index is 11.6. The second-order valence-corrected chi connectivity index (χ2v) is 3.91. The quantitative estimate of drug-likeness (QED) is 0.759. The number of carbonyl (C=O) groups excluding carboxylic acids is 1. The minimum absolute atomic E-state index is 0.0922. The minimum Gasteiger partial charge on any atom is -0.350 e. The van der Waals surface area contributed by atoms with Crippen LogP contribution in [-0.2, 0) is 6.54 Å². The van der Waals surface area contributed by atoms with Crippen LogP contribution in [0.15, 0.2) is 18.3 Å². The van der Waals surface area contributed by atoms with E-state index in [0.29, 0.717) is 18.2 Å². The van der Waals surface area contributed by atoms with Crippen molar-refractivity contribution in [1.29, 1.82) is 0 Å². The summed E-state index contributed by atoms with van der Waals surface area (Å²) in [5.41, 5.74) is 6.85. The van der Waals surface area contributed by atoms with Gasteiger partial charge in [0.1, 0.15) is 5.69 Å². The van der Waals surface area contributed by atoms with Crippen molar-refractivity contribution in [3.05, 3.63) is 29.6 Å². The molecule has 1 aliphatic rings. The van der Waals surface area contributed by atoms with Crippen molar-refractivity contribution in [2.45, 2.75) is 19.4 Å². The molecule has 2 rings (SSSR count). The molecule has 15 heavy (non-hydrogen) atoms. The van der Waals surface area contributed by atoms with E-state index in [2.05, 4.69) is 10.3 Å². The van der Waals surface area contributed by atoms with Crippen LogP contribution in [0, 0.1) is 5.92 Å². The second-order valence-electron chi connectivity index (χ2n) is 3.91. The van der Waals surface area contributed by atoms with Crippen molar-refractivity contribution >= 4 is 5.91 Å². The topological polar surface area (TPSA) is 68.0 Å². The SMILES string of the molecule is NCc1ccc(C(=O)NCC2CC2)nc1. The molecule has 1 amide bonds. The number of hydrogen-bond donors (Lipinski definition) is 2. The van der Waals surface area contributed by atoms with Crippen LogP contribution >= 0.6 is 0 Å². The molecule has 4 nitrogen and oxygen atoms in total. The number of hydrogen-bond acceptors (Lipinski definition) is 3. The smallest absolute Gasteiger partial charge is 0.269 e. The highest BCUT2D eigenvalue weighted by atomic mass is 16.1. The molecule has 0 aliphatic heterocycles. The van der Waals surface area contributed by atoms with Gasteiger partial charge in [-0.2, -0.15) is 0 Å². The van der Waals surface area contributed by atoms with E-state index in [4.69, 9.17) is 5.73 Å². The van der Waals surface area contributed by atoms with Crippen molar-refractivity contribution in [3.8, 4) is 0 Å². The molecule has 1 aromatic heterocycles. The molecule has 0 spiro atoms. The number of aromatic nitrogens is 1. The Morgan fingerprint density at radius 1 is 1.53 bits per heavy atom. The van der Waals surface area contributed by atoms with Crippen LogP contribution in [0.5, 0.6) is 0 Å². The molecule has 1 saturated carbocycles. The van der Waals surface area contributed by atoms with Gasteiger partial charge in [0.05, 0.1) is 0 Å².